The number of ether oxygens (including phenoxy) is 1. The van der Waals surface area contributed by atoms with Gasteiger partial charge in [-0.05, 0) is 13.8 Å². The number of esters is 1. The molecule has 0 fully saturated rings. The first kappa shape index (κ1) is 18.9. The normalized spacial score (nSPS) is 10.5. The van der Waals surface area contributed by atoms with Gasteiger partial charge in [0, 0.05) is 5.38 Å². The zero-order valence-corrected chi connectivity index (χ0v) is 15.1. The number of nitrogens with two attached hydrogens (primary N) is 1. The molecule has 134 valence electrons. The summed E-state index contributed by atoms with van der Waals surface area (Å²) in [4.78, 5) is 39.1. The van der Waals surface area contributed by atoms with E-state index in [4.69, 9.17) is 10.6 Å². The Bertz CT molecular complexity index is 834. The summed E-state index contributed by atoms with van der Waals surface area (Å²) in [6.45, 7) is 3.52. The van der Waals surface area contributed by atoms with Crippen LogP contribution in [0.1, 0.15) is 18.3 Å². The number of rotatable bonds is 7. The molecule has 0 saturated heterocycles. The summed E-state index contributed by atoms with van der Waals surface area (Å²) >= 11 is 2.18. The van der Waals surface area contributed by atoms with Gasteiger partial charge in [-0.3, -0.25) is 14.4 Å². The number of nitrogens with zero attached hydrogens (tertiary/aromatic N) is 4. The Morgan fingerprint density at radius 2 is 2.20 bits per heavy atom. The zero-order valence-electron chi connectivity index (χ0n) is 13.5. The number of anilines is 1. The first-order chi connectivity index (χ1) is 11.9. The molecule has 0 radical (unpaired) electrons. The summed E-state index contributed by atoms with van der Waals surface area (Å²) in [5, 5.41) is 12.2. The molecular weight excluding hydrogens is 368 g/mol. The molecule has 0 aromatic carbocycles. The van der Waals surface area contributed by atoms with Gasteiger partial charge in [0.05, 0.1) is 24.5 Å². The molecule has 0 bridgehead atoms. The SMILES string of the molecule is CCOC(=O)Cc1csc(NC(=O)CSc2nnc(C)c(=O)n2N)n1. The van der Waals surface area contributed by atoms with Crippen molar-refractivity contribution >= 4 is 40.1 Å². The number of hydrogen-bond acceptors (Lipinski definition) is 10. The van der Waals surface area contributed by atoms with Crippen LogP contribution in [0.5, 0.6) is 0 Å². The van der Waals surface area contributed by atoms with Crippen molar-refractivity contribution in [2.45, 2.75) is 25.4 Å². The van der Waals surface area contributed by atoms with Crippen molar-refractivity contribution in [2.24, 2.45) is 0 Å². The van der Waals surface area contributed by atoms with Gasteiger partial charge in [-0.25, -0.2) is 4.98 Å². The summed E-state index contributed by atoms with van der Waals surface area (Å²) in [5.41, 5.74) is 0.223. The molecule has 0 saturated carbocycles. The number of amides is 1. The van der Waals surface area contributed by atoms with E-state index in [0.29, 0.717) is 17.4 Å². The standard InChI is InChI=1S/C13H16N6O4S2/c1-3-23-10(21)4-8-5-24-12(15-8)16-9(20)6-25-13-18-17-7(2)11(22)19(13)14/h5H,3-4,6,14H2,1-2H3,(H,15,16,20). The third-order valence-corrected chi connectivity index (χ3v) is 4.53. The van der Waals surface area contributed by atoms with E-state index >= 15 is 0 Å². The Kier molecular flexibility index (Phi) is 6.47. The maximum Gasteiger partial charge on any atom is 0.311 e. The molecule has 3 N–H and O–H groups in total. The second-order valence-electron chi connectivity index (χ2n) is 4.71. The molecule has 0 aliphatic heterocycles. The average Bonchev–Trinajstić information content (AvgIpc) is 2.99. The Labute approximate surface area is 150 Å². The predicted octanol–water partition coefficient (Wildman–Crippen LogP) is -0.0466. The molecule has 2 heterocycles. The van der Waals surface area contributed by atoms with Crippen LogP contribution in [0.15, 0.2) is 15.3 Å². The fourth-order valence-electron chi connectivity index (χ4n) is 1.66. The summed E-state index contributed by atoms with van der Waals surface area (Å²) in [6.07, 6.45) is 0.0490. The Hall–Kier alpha value is -2.47. The van der Waals surface area contributed by atoms with Crippen LogP contribution in [0.3, 0.4) is 0 Å². The van der Waals surface area contributed by atoms with Gasteiger partial charge < -0.3 is 15.9 Å². The third kappa shape index (κ3) is 5.26. The van der Waals surface area contributed by atoms with E-state index in [9.17, 15) is 14.4 Å². The van der Waals surface area contributed by atoms with E-state index in [1.165, 1.54) is 18.3 Å². The van der Waals surface area contributed by atoms with Gasteiger partial charge in [0.1, 0.15) is 5.69 Å². The average molecular weight is 384 g/mol. The van der Waals surface area contributed by atoms with Crippen molar-refractivity contribution in [1.82, 2.24) is 19.9 Å². The van der Waals surface area contributed by atoms with Crippen LogP contribution >= 0.6 is 23.1 Å². The molecule has 25 heavy (non-hydrogen) atoms. The number of thioether (sulfide) groups is 1. The highest BCUT2D eigenvalue weighted by Crippen LogP contribution is 2.17. The minimum absolute atomic E-state index is 0.0266. The van der Waals surface area contributed by atoms with Gasteiger partial charge >= 0.3 is 5.97 Å². The lowest BCUT2D eigenvalue weighted by Gasteiger charge is -2.05. The van der Waals surface area contributed by atoms with E-state index < -0.39 is 5.56 Å². The Morgan fingerprint density at radius 3 is 2.92 bits per heavy atom. The van der Waals surface area contributed by atoms with Crippen molar-refractivity contribution in [1.29, 1.82) is 0 Å². The highest BCUT2D eigenvalue weighted by molar-refractivity contribution is 7.99. The van der Waals surface area contributed by atoms with E-state index in [1.807, 2.05) is 0 Å². The van der Waals surface area contributed by atoms with Crippen LogP contribution in [0.2, 0.25) is 0 Å². The summed E-state index contributed by atoms with van der Waals surface area (Å²) in [6, 6.07) is 0. The Balaban J connectivity index is 1.89. The number of nitrogen functional groups attached to an aromatic ring is 1. The second kappa shape index (κ2) is 8.58. The summed E-state index contributed by atoms with van der Waals surface area (Å²) < 4.78 is 5.68. The molecule has 0 aliphatic carbocycles. The van der Waals surface area contributed by atoms with Gasteiger partial charge in [-0.1, -0.05) is 11.8 Å². The van der Waals surface area contributed by atoms with Gasteiger partial charge in [-0.2, -0.15) is 4.68 Å². The number of hydrogen-bond donors (Lipinski definition) is 2. The van der Waals surface area contributed by atoms with Crippen LogP contribution in [-0.2, 0) is 20.7 Å². The molecule has 2 rings (SSSR count). The summed E-state index contributed by atoms with van der Waals surface area (Å²) in [7, 11) is 0. The van der Waals surface area contributed by atoms with Crippen molar-refractivity contribution < 1.29 is 14.3 Å². The van der Waals surface area contributed by atoms with Crippen molar-refractivity contribution in [2.75, 3.05) is 23.5 Å². The highest BCUT2D eigenvalue weighted by Gasteiger charge is 2.13. The minimum Gasteiger partial charge on any atom is -0.466 e. The van der Waals surface area contributed by atoms with Crippen LogP contribution in [0.4, 0.5) is 5.13 Å². The van der Waals surface area contributed by atoms with E-state index in [-0.39, 0.29) is 34.9 Å². The smallest absolute Gasteiger partial charge is 0.311 e. The highest BCUT2D eigenvalue weighted by atomic mass is 32.2. The lowest BCUT2D eigenvalue weighted by molar-refractivity contribution is -0.142. The first-order valence-electron chi connectivity index (χ1n) is 7.14. The molecule has 2 aromatic heterocycles. The molecular formula is C13H16N6O4S2. The van der Waals surface area contributed by atoms with E-state index in [0.717, 1.165) is 16.4 Å². The minimum atomic E-state index is -0.471. The monoisotopic (exact) mass is 384 g/mol. The van der Waals surface area contributed by atoms with Crippen molar-refractivity contribution in [3.8, 4) is 0 Å². The fraction of sp³-hybridized carbons (Fsp3) is 0.385. The molecule has 10 nitrogen and oxygen atoms in total. The van der Waals surface area contributed by atoms with Crippen LogP contribution in [0, 0.1) is 6.92 Å². The van der Waals surface area contributed by atoms with Crippen molar-refractivity contribution in [3.63, 3.8) is 0 Å². The van der Waals surface area contributed by atoms with Crippen LogP contribution in [-0.4, -0.2) is 44.1 Å². The number of aromatic nitrogens is 4. The molecule has 1 amide bonds. The third-order valence-electron chi connectivity index (χ3n) is 2.78. The lowest BCUT2D eigenvalue weighted by atomic mass is 10.3. The van der Waals surface area contributed by atoms with Gasteiger partial charge in [-0.15, -0.1) is 21.5 Å². The van der Waals surface area contributed by atoms with Gasteiger partial charge in [0.15, 0.2) is 5.13 Å². The fourth-order valence-corrected chi connectivity index (χ4v) is 3.04. The maximum atomic E-state index is 11.9. The molecule has 2 aromatic rings. The largest absolute Gasteiger partial charge is 0.466 e. The molecule has 12 heteroatoms. The molecule has 0 atom stereocenters. The zero-order chi connectivity index (χ0) is 18.4. The predicted molar refractivity (Wildman–Crippen MR) is 93.0 cm³/mol. The van der Waals surface area contributed by atoms with Gasteiger partial charge in [0.2, 0.25) is 11.1 Å². The van der Waals surface area contributed by atoms with Crippen molar-refractivity contribution in [3.05, 3.63) is 27.1 Å². The maximum absolute atomic E-state index is 11.9. The Morgan fingerprint density at radius 1 is 1.44 bits per heavy atom. The summed E-state index contributed by atoms with van der Waals surface area (Å²) in [5.74, 6) is 4.84. The number of aryl methyl sites for hydroxylation is 1. The number of carbonyl (C=O) groups is 2. The first-order valence-corrected chi connectivity index (χ1v) is 9.01. The molecule has 0 spiro atoms. The topological polar surface area (TPSA) is 142 Å². The molecule has 0 aliphatic rings. The second-order valence-corrected chi connectivity index (χ2v) is 6.51. The quantitative estimate of drug-likeness (QED) is 0.382. The van der Waals surface area contributed by atoms with Crippen LogP contribution < -0.4 is 16.7 Å². The lowest BCUT2D eigenvalue weighted by Crippen LogP contribution is -2.32. The van der Waals surface area contributed by atoms with E-state index in [2.05, 4.69) is 20.5 Å². The molecule has 0 unspecified atom stereocenters. The number of carbonyl (C=O) groups excluding carboxylic acids is 2. The van der Waals surface area contributed by atoms with E-state index in [1.54, 1.807) is 12.3 Å². The van der Waals surface area contributed by atoms with Crippen LogP contribution in [0.25, 0.3) is 0 Å². The van der Waals surface area contributed by atoms with Gasteiger partial charge in [0.25, 0.3) is 5.56 Å². The number of thiazole rings is 1. The number of nitrogens with one attached hydrogen (secondary N) is 1.